The third-order valence-corrected chi connectivity index (χ3v) is 21.5. The minimum absolute atomic E-state index is 0.0437. The van der Waals surface area contributed by atoms with Crippen LogP contribution in [-0.4, -0.2) is 65.9 Å². The van der Waals surface area contributed by atoms with E-state index < -0.39 is 47.9 Å². The molecule has 8 aliphatic rings. The average Bonchev–Trinajstić information content (AvgIpc) is 1.55. The number of aryl methyl sites for hydroxylation is 1. The van der Waals surface area contributed by atoms with E-state index in [9.17, 15) is 20.1 Å². The predicted molar refractivity (Wildman–Crippen MR) is 323 cm³/mol. The van der Waals surface area contributed by atoms with Crippen LogP contribution in [-0.2, 0) is 42.2 Å². The molecule has 4 saturated carbocycles. The number of hydrogen-bond acceptors (Lipinski definition) is 11. The molecule has 11 heteroatoms. The molecule has 0 saturated heterocycles. The Balaban J connectivity index is 0.957. The van der Waals surface area contributed by atoms with E-state index in [2.05, 4.69) is 115 Å². The molecule has 6 aromatic rings. The van der Waals surface area contributed by atoms with Gasteiger partial charge in [0, 0.05) is 53.9 Å². The quantitative estimate of drug-likeness (QED) is 0.0680. The zero-order valence-electron chi connectivity index (χ0n) is 48.6. The Morgan fingerprint density at radius 1 is 0.762 bits per heavy atom. The fraction of sp³-hybridized carbons (Fsp3) is 0.466. The summed E-state index contributed by atoms with van der Waals surface area (Å²) in [6, 6.07) is 41.3. The van der Waals surface area contributed by atoms with E-state index in [1.54, 1.807) is 13.0 Å². The molecule has 3 N–H and O–H groups in total. The van der Waals surface area contributed by atoms with Gasteiger partial charge >= 0.3 is 17.6 Å². The van der Waals surface area contributed by atoms with Crippen LogP contribution in [0.5, 0.6) is 5.75 Å². The third-order valence-electron chi connectivity index (χ3n) is 21.5. The van der Waals surface area contributed by atoms with Gasteiger partial charge in [0.25, 0.3) is 0 Å². The molecule has 5 aliphatic carbocycles. The Morgan fingerprint density at radius 3 is 2.35 bits per heavy atom. The number of benzene rings is 5. The van der Waals surface area contributed by atoms with Crippen LogP contribution in [0.4, 0.5) is 0 Å². The van der Waals surface area contributed by atoms with Crippen LogP contribution in [0.25, 0.3) is 17.0 Å². The molecule has 11 atom stereocenters. The molecule has 5 aromatic carbocycles. The van der Waals surface area contributed by atoms with Crippen molar-refractivity contribution in [2.24, 2.45) is 23.7 Å². The molecule has 11 nitrogen and oxygen atoms in total. The lowest BCUT2D eigenvalue weighted by Gasteiger charge is -2.53. The molecule has 1 aromatic heterocycles. The van der Waals surface area contributed by atoms with Crippen molar-refractivity contribution < 1.29 is 48.3 Å². The van der Waals surface area contributed by atoms with Crippen LogP contribution in [0.15, 0.2) is 142 Å². The Kier molecular flexibility index (Phi) is 15.9. The Hall–Kier alpha value is -6.63. The van der Waals surface area contributed by atoms with Crippen molar-refractivity contribution in [3.05, 3.63) is 199 Å². The minimum Gasteiger partial charge on any atom is -0.482 e. The number of fused-ring (bicyclic) bond motifs is 17. The van der Waals surface area contributed by atoms with Crippen LogP contribution in [0, 0.1) is 23.7 Å². The van der Waals surface area contributed by atoms with Gasteiger partial charge in [-0.1, -0.05) is 135 Å². The second-order valence-electron chi connectivity index (χ2n) is 25.7. The van der Waals surface area contributed by atoms with Crippen LogP contribution >= 0.6 is 0 Å². The van der Waals surface area contributed by atoms with Gasteiger partial charge in [-0.15, -0.1) is 0 Å². The second-order valence-corrected chi connectivity index (χ2v) is 25.7. The third kappa shape index (κ3) is 9.98. The van der Waals surface area contributed by atoms with Crippen LogP contribution in [0.3, 0.4) is 0 Å². The molecule has 4 fully saturated rings. The highest BCUT2D eigenvalue weighted by Gasteiger charge is 2.65. The van der Waals surface area contributed by atoms with Crippen molar-refractivity contribution in [1.29, 1.82) is 0 Å². The molecule has 3 aliphatic heterocycles. The van der Waals surface area contributed by atoms with Gasteiger partial charge < -0.3 is 38.7 Å². The first-order valence-corrected chi connectivity index (χ1v) is 31.3. The van der Waals surface area contributed by atoms with Gasteiger partial charge in [-0.3, -0.25) is 4.79 Å². The summed E-state index contributed by atoms with van der Waals surface area (Å²) in [7, 11) is 1.52. The summed E-state index contributed by atoms with van der Waals surface area (Å²) >= 11 is 0. The smallest absolute Gasteiger partial charge is 0.340 e. The maximum absolute atomic E-state index is 15.9. The van der Waals surface area contributed by atoms with Crippen LogP contribution in [0.2, 0.25) is 0 Å². The van der Waals surface area contributed by atoms with E-state index in [1.165, 1.54) is 54.2 Å². The van der Waals surface area contributed by atoms with Crippen molar-refractivity contribution in [2.75, 3.05) is 26.9 Å². The molecule has 0 unspecified atom stereocenters. The van der Waals surface area contributed by atoms with Gasteiger partial charge in [0.2, 0.25) is 0 Å². The average molecular weight is 1130 g/mol. The number of esters is 2. The number of aliphatic hydroxyl groups excluding tert-OH is 3. The fourth-order valence-corrected chi connectivity index (χ4v) is 17.5. The molecular weight excluding hydrogens is 1050 g/mol. The molecule has 4 heterocycles. The fourth-order valence-electron chi connectivity index (χ4n) is 17.5. The molecule has 14 rings (SSSR count). The highest BCUT2D eigenvalue weighted by atomic mass is 16.6. The van der Waals surface area contributed by atoms with E-state index in [4.69, 9.17) is 23.4 Å². The predicted octanol–water partition coefficient (Wildman–Crippen LogP) is 13.5. The number of carbonyl (C=O) groups is 2. The summed E-state index contributed by atoms with van der Waals surface area (Å²) in [6.07, 6.45) is 14.4. The lowest BCUT2D eigenvalue weighted by atomic mass is 9.63. The highest BCUT2D eigenvalue weighted by molar-refractivity contribution is 5.90. The molecule has 0 radical (unpaired) electrons. The lowest BCUT2D eigenvalue weighted by molar-refractivity contribution is -0.212. The SMILES string of the molecule is COC[C@@H](CCO)c1c(CO)c2ccc3c(c2oc1=O)[C@H]1OC(=O)C[C@H]2C[C@H](c4cccc(C5(c6ccccc6)CCCCC5)c4)CC[C@H]2c2ccc(cc2)CC/C(=C(\C)CO)C(=O)O[C@@H]1[C@@]1(CCC[C@@H]2[C@H]4C=Cc5ccccc5[C@H]4C[C@@H]21)O3. The number of rotatable bonds is 10. The van der Waals surface area contributed by atoms with E-state index in [-0.39, 0.29) is 96.2 Å². The van der Waals surface area contributed by atoms with E-state index >= 15 is 9.59 Å². The zero-order chi connectivity index (χ0) is 57.7. The first kappa shape index (κ1) is 56.5. The van der Waals surface area contributed by atoms with Gasteiger partial charge in [0.05, 0.1) is 25.4 Å². The Labute approximate surface area is 493 Å². The van der Waals surface area contributed by atoms with Crippen molar-refractivity contribution in [1.82, 2.24) is 0 Å². The second kappa shape index (κ2) is 23.7. The monoisotopic (exact) mass is 1130 g/mol. The topological polar surface area (TPSA) is 162 Å². The van der Waals surface area contributed by atoms with Crippen LogP contribution in [0.1, 0.15) is 189 Å². The number of ether oxygens (including phenoxy) is 4. The van der Waals surface area contributed by atoms with Gasteiger partial charge in [-0.2, -0.15) is 0 Å². The van der Waals surface area contributed by atoms with E-state index in [0.29, 0.717) is 47.1 Å². The molecule has 2 bridgehead atoms. The van der Waals surface area contributed by atoms with Gasteiger partial charge in [-0.25, -0.2) is 9.59 Å². The Morgan fingerprint density at radius 2 is 1.56 bits per heavy atom. The number of methoxy groups -OCH3 is 1. The molecule has 438 valence electrons. The number of aliphatic hydroxyl groups is 3. The van der Waals surface area contributed by atoms with E-state index in [1.807, 2.05) is 6.07 Å². The highest BCUT2D eigenvalue weighted by Crippen LogP contribution is 2.64. The largest absolute Gasteiger partial charge is 0.482 e. The molecular formula is C73H80O11. The van der Waals surface area contributed by atoms with Gasteiger partial charge in [0.15, 0.2) is 17.8 Å². The van der Waals surface area contributed by atoms with Crippen molar-refractivity contribution in [2.45, 2.75) is 163 Å². The van der Waals surface area contributed by atoms with Crippen molar-refractivity contribution in [3.8, 4) is 5.75 Å². The minimum atomic E-state index is -1.33. The maximum Gasteiger partial charge on any atom is 0.340 e. The zero-order valence-corrected chi connectivity index (χ0v) is 48.6. The Bertz CT molecular complexity index is 3530. The number of carbonyl (C=O) groups excluding carboxylic acids is 2. The standard InChI is InChI=1S/C73H80O11/c1-44(41-75)54-27-22-45-20-23-47(24-21-45)55-28-26-49(48-14-11-17-53(38-48)72(33-9-4-10-34-72)52-15-5-3-6-16-52)37-51(55)39-64(77)81-68-66-63(31-30-59-61(42-76)65(71(79)82-67(59)66)50(32-36-74)43-80-2)84-73(69(68)83-70(54)78)35-12-19-58-57-29-25-46-13-7-8-18-56(46)60(57)40-62(58)73/h3,5-8,11,13-18,20-21,23-25,29-31,38,49-51,55,57-58,60,62,68-69,74-76H,4,9-10,12,19,22,26-28,32-37,39-43H2,1-2H3/b54-44-/t49-,50-,51-,55+,57-,58-,60-,62+,68-,69+,73+/m1/s1. The summed E-state index contributed by atoms with van der Waals surface area (Å²) in [4.78, 5) is 46.1. The first-order valence-electron chi connectivity index (χ1n) is 31.3. The lowest BCUT2D eigenvalue weighted by Crippen LogP contribution is -2.62. The van der Waals surface area contributed by atoms with Crippen molar-refractivity contribution >= 4 is 29.0 Å². The van der Waals surface area contributed by atoms with Gasteiger partial charge in [0.1, 0.15) is 11.3 Å². The normalized spacial score (nSPS) is 29.0. The summed E-state index contributed by atoms with van der Waals surface area (Å²) in [5.41, 5.74) is 8.39. The molecule has 84 heavy (non-hydrogen) atoms. The van der Waals surface area contributed by atoms with E-state index in [0.717, 1.165) is 62.5 Å². The maximum atomic E-state index is 15.9. The summed E-state index contributed by atoms with van der Waals surface area (Å²) in [5, 5.41) is 32.7. The number of allylic oxidation sites excluding steroid dienone is 1. The number of hydrogen-bond donors (Lipinski definition) is 3. The summed E-state index contributed by atoms with van der Waals surface area (Å²) in [5.74, 6) is -0.904. The molecule has 0 amide bonds. The summed E-state index contributed by atoms with van der Waals surface area (Å²) in [6.45, 7) is 0.731. The summed E-state index contributed by atoms with van der Waals surface area (Å²) < 4.78 is 34.0. The molecule has 1 spiro atoms. The van der Waals surface area contributed by atoms with Crippen LogP contribution < -0.4 is 10.4 Å². The van der Waals surface area contributed by atoms with Crippen molar-refractivity contribution in [3.63, 3.8) is 0 Å². The first-order chi connectivity index (χ1) is 41.1. The van der Waals surface area contributed by atoms with Gasteiger partial charge in [-0.05, 0) is 182 Å².